The first-order valence-corrected chi connectivity index (χ1v) is 17.1. The number of carbonyl (C=O) groups excluding carboxylic acids is 2. The van der Waals surface area contributed by atoms with Crippen LogP contribution in [0.4, 0.5) is 5.69 Å². The van der Waals surface area contributed by atoms with E-state index in [1.807, 2.05) is 37.3 Å². The molecule has 8 nitrogen and oxygen atoms in total. The lowest BCUT2D eigenvalue weighted by Crippen LogP contribution is -2.53. The van der Waals surface area contributed by atoms with Crippen molar-refractivity contribution in [1.82, 2.24) is 10.2 Å². The van der Waals surface area contributed by atoms with Gasteiger partial charge in [0.2, 0.25) is 11.8 Å². The molecule has 4 aromatic carbocycles. The SMILES string of the molecule is CCCNC(=O)[C@@H](Cc1ccccc1)N(Cc1ccc(Cl)c(Cl)c1)C(=O)CN(c1cc(Cl)ccc1OC)S(=O)(=O)c1ccccc1. The monoisotopic (exact) mass is 701 g/mol. The molecule has 0 saturated heterocycles. The van der Waals surface area contributed by atoms with Crippen molar-refractivity contribution in [2.45, 2.75) is 37.2 Å². The van der Waals surface area contributed by atoms with Crippen LogP contribution >= 0.6 is 34.8 Å². The van der Waals surface area contributed by atoms with Gasteiger partial charge >= 0.3 is 0 Å². The van der Waals surface area contributed by atoms with Crippen molar-refractivity contribution in [1.29, 1.82) is 0 Å². The lowest BCUT2D eigenvalue weighted by Gasteiger charge is -2.34. The third kappa shape index (κ3) is 8.73. The molecule has 1 atom stereocenters. The summed E-state index contributed by atoms with van der Waals surface area (Å²) in [6, 6.07) is 25.5. The Hall–Kier alpha value is -3.76. The second-order valence-electron chi connectivity index (χ2n) is 10.4. The van der Waals surface area contributed by atoms with Crippen molar-refractivity contribution in [3.8, 4) is 5.75 Å². The molecule has 0 heterocycles. The summed E-state index contributed by atoms with van der Waals surface area (Å²) < 4.78 is 34.8. The Balaban J connectivity index is 1.85. The maximum absolute atomic E-state index is 14.6. The van der Waals surface area contributed by atoms with Gasteiger partial charge in [0.05, 0.1) is 27.7 Å². The second kappa shape index (κ2) is 16.2. The predicted octanol–water partition coefficient (Wildman–Crippen LogP) is 7.02. The Bertz CT molecular complexity index is 1760. The number of methoxy groups -OCH3 is 1. The Labute approximate surface area is 284 Å². The number of sulfonamides is 1. The first-order chi connectivity index (χ1) is 22.0. The summed E-state index contributed by atoms with van der Waals surface area (Å²) in [6.45, 7) is 1.60. The smallest absolute Gasteiger partial charge is 0.264 e. The highest BCUT2D eigenvalue weighted by Gasteiger charge is 2.35. The fraction of sp³-hybridized carbons (Fsp3) is 0.235. The summed E-state index contributed by atoms with van der Waals surface area (Å²) in [4.78, 5) is 29.7. The molecule has 4 aromatic rings. The standard InChI is InChI=1S/C34H34Cl3N3O5S/c1-3-18-38-34(42)31(20-24-10-6-4-7-11-24)39(22-25-14-16-28(36)29(37)19-25)33(41)23-40(30-21-26(35)15-17-32(30)45-2)46(43,44)27-12-8-5-9-13-27/h4-17,19,21,31H,3,18,20,22-23H2,1-2H3,(H,38,42)/t31-/m1/s1. The summed E-state index contributed by atoms with van der Waals surface area (Å²) in [7, 11) is -2.93. The largest absolute Gasteiger partial charge is 0.495 e. The number of halogens is 3. The molecule has 0 aliphatic rings. The number of nitrogens with one attached hydrogen (secondary N) is 1. The lowest BCUT2D eigenvalue weighted by atomic mass is 10.0. The molecule has 2 amide bonds. The van der Waals surface area contributed by atoms with Crippen LogP contribution in [0.3, 0.4) is 0 Å². The number of hydrogen-bond donors (Lipinski definition) is 1. The molecule has 46 heavy (non-hydrogen) atoms. The van der Waals surface area contributed by atoms with Gasteiger partial charge in [0.15, 0.2) is 0 Å². The number of ether oxygens (including phenoxy) is 1. The van der Waals surface area contributed by atoms with Crippen LogP contribution in [-0.4, -0.2) is 51.4 Å². The minimum absolute atomic E-state index is 0.0395. The maximum Gasteiger partial charge on any atom is 0.264 e. The zero-order valence-electron chi connectivity index (χ0n) is 25.3. The van der Waals surface area contributed by atoms with Crippen molar-refractivity contribution in [3.63, 3.8) is 0 Å². The number of rotatable bonds is 14. The number of anilines is 1. The minimum Gasteiger partial charge on any atom is -0.495 e. The lowest BCUT2D eigenvalue weighted by molar-refractivity contribution is -0.140. The molecule has 0 spiro atoms. The van der Waals surface area contributed by atoms with Gasteiger partial charge in [0, 0.05) is 24.5 Å². The number of nitrogens with zero attached hydrogens (tertiary/aromatic N) is 2. The molecular formula is C34H34Cl3N3O5S. The molecule has 0 aromatic heterocycles. The van der Waals surface area contributed by atoms with E-state index in [2.05, 4.69) is 5.32 Å². The average molecular weight is 703 g/mol. The summed E-state index contributed by atoms with van der Waals surface area (Å²) in [5, 5.41) is 3.76. The van der Waals surface area contributed by atoms with E-state index in [1.165, 1.54) is 36.3 Å². The predicted molar refractivity (Wildman–Crippen MR) is 183 cm³/mol. The topological polar surface area (TPSA) is 96.0 Å². The average Bonchev–Trinajstić information content (AvgIpc) is 3.06. The highest BCUT2D eigenvalue weighted by atomic mass is 35.5. The number of benzene rings is 4. The Kier molecular flexibility index (Phi) is 12.3. The van der Waals surface area contributed by atoms with E-state index in [1.54, 1.807) is 42.5 Å². The van der Waals surface area contributed by atoms with Crippen molar-refractivity contribution >= 4 is 62.3 Å². The molecule has 0 saturated carbocycles. The van der Waals surface area contributed by atoms with Gasteiger partial charge in [-0.2, -0.15) is 0 Å². The van der Waals surface area contributed by atoms with E-state index in [4.69, 9.17) is 39.5 Å². The molecule has 0 fully saturated rings. The number of amides is 2. The molecule has 4 rings (SSSR count). The van der Waals surface area contributed by atoms with E-state index in [9.17, 15) is 18.0 Å². The third-order valence-corrected chi connectivity index (χ3v) is 9.92. The molecule has 12 heteroatoms. The van der Waals surface area contributed by atoms with Crippen LogP contribution in [0.5, 0.6) is 5.75 Å². The molecule has 0 unspecified atom stereocenters. The van der Waals surface area contributed by atoms with Gasteiger partial charge in [-0.05, 0) is 60.0 Å². The van der Waals surface area contributed by atoms with Gasteiger partial charge in [-0.25, -0.2) is 8.42 Å². The molecule has 1 N–H and O–H groups in total. The van der Waals surface area contributed by atoms with E-state index in [0.29, 0.717) is 23.6 Å². The second-order valence-corrected chi connectivity index (χ2v) is 13.5. The van der Waals surface area contributed by atoms with Crippen LogP contribution < -0.4 is 14.4 Å². The van der Waals surface area contributed by atoms with E-state index in [-0.39, 0.29) is 45.3 Å². The van der Waals surface area contributed by atoms with Crippen LogP contribution in [0.2, 0.25) is 15.1 Å². The third-order valence-electron chi connectivity index (χ3n) is 7.18. The maximum atomic E-state index is 14.6. The van der Waals surface area contributed by atoms with Crippen LogP contribution in [-0.2, 0) is 32.6 Å². The summed E-state index contributed by atoms with van der Waals surface area (Å²) in [5.74, 6) is -0.827. The van der Waals surface area contributed by atoms with Gasteiger partial charge in [-0.1, -0.05) is 96.3 Å². The molecular weight excluding hydrogens is 669 g/mol. The highest BCUT2D eigenvalue weighted by Crippen LogP contribution is 2.35. The van der Waals surface area contributed by atoms with E-state index < -0.39 is 28.5 Å². The molecule has 242 valence electrons. The molecule has 0 aliphatic heterocycles. The van der Waals surface area contributed by atoms with E-state index >= 15 is 0 Å². The highest BCUT2D eigenvalue weighted by molar-refractivity contribution is 7.92. The van der Waals surface area contributed by atoms with Crippen LogP contribution in [0.25, 0.3) is 0 Å². The fourth-order valence-corrected chi connectivity index (χ4v) is 6.77. The Morgan fingerprint density at radius 3 is 2.15 bits per heavy atom. The normalized spacial score (nSPS) is 11.8. The Morgan fingerprint density at radius 2 is 1.52 bits per heavy atom. The first-order valence-electron chi connectivity index (χ1n) is 14.5. The zero-order valence-corrected chi connectivity index (χ0v) is 28.4. The van der Waals surface area contributed by atoms with Gasteiger partial charge in [0.25, 0.3) is 10.0 Å². The van der Waals surface area contributed by atoms with E-state index in [0.717, 1.165) is 9.87 Å². The van der Waals surface area contributed by atoms with Crippen molar-refractivity contribution in [3.05, 3.63) is 123 Å². The summed E-state index contributed by atoms with van der Waals surface area (Å²) >= 11 is 18.8. The molecule has 0 aliphatic carbocycles. The summed E-state index contributed by atoms with van der Waals surface area (Å²) in [5.41, 5.74) is 1.48. The van der Waals surface area contributed by atoms with Gasteiger partial charge in [0.1, 0.15) is 18.3 Å². The number of carbonyl (C=O) groups is 2. The van der Waals surface area contributed by atoms with Gasteiger partial charge in [-0.15, -0.1) is 0 Å². The summed E-state index contributed by atoms with van der Waals surface area (Å²) in [6.07, 6.45) is 0.859. The zero-order chi connectivity index (χ0) is 33.3. The molecule has 0 radical (unpaired) electrons. The molecule has 0 bridgehead atoms. The van der Waals surface area contributed by atoms with Gasteiger partial charge < -0.3 is 15.0 Å². The first kappa shape index (κ1) is 35.1. The van der Waals surface area contributed by atoms with Crippen molar-refractivity contribution in [2.24, 2.45) is 0 Å². The minimum atomic E-state index is -4.33. The quantitative estimate of drug-likeness (QED) is 0.153. The van der Waals surface area contributed by atoms with Crippen LogP contribution in [0.1, 0.15) is 24.5 Å². The van der Waals surface area contributed by atoms with Crippen LogP contribution in [0.15, 0.2) is 102 Å². The van der Waals surface area contributed by atoms with Crippen LogP contribution in [0, 0.1) is 0 Å². The number of hydrogen-bond acceptors (Lipinski definition) is 5. The fourth-order valence-electron chi connectivity index (χ4n) is 4.85. The Morgan fingerprint density at radius 1 is 0.848 bits per heavy atom. The van der Waals surface area contributed by atoms with Crippen molar-refractivity contribution in [2.75, 3.05) is 24.5 Å². The van der Waals surface area contributed by atoms with Gasteiger partial charge in [-0.3, -0.25) is 13.9 Å². The van der Waals surface area contributed by atoms with Crippen molar-refractivity contribution < 1.29 is 22.7 Å².